The molecule has 1 aromatic heterocycles. The minimum absolute atomic E-state index is 0.348. The number of carbonyl (C=O) groups is 2. The number of rotatable bonds is 5. The van der Waals surface area contributed by atoms with Crippen LogP contribution in [-0.2, 0) is 11.2 Å². The molecule has 2 aromatic carbocycles. The molecule has 0 unspecified atom stereocenters. The molecule has 0 aliphatic carbocycles. The van der Waals surface area contributed by atoms with Crippen LogP contribution in [-0.4, -0.2) is 21.5 Å². The van der Waals surface area contributed by atoms with E-state index in [2.05, 4.69) is 10.4 Å². The number of para-hydroxylation sites is 2. The van der Waals surface area contributed by atoms with Gasteiger partial charge in [-0.25, -0.2) is 4.68 Å². The van der Waals surface area contributed by atoms with Crippen LogP contribution in [0.3, 0.4) is 0 Å². The van der Waals surface area contributed by atoms with E-state index in [0.29, 0.717) is 22.6 Å². The average Bonchev–Trinajstić information content (AvgIpc) is 2.96. The maximum Gasteiger partial charge on any atom is 0.296 e. The number of ketones is 1. The van der Waals surface area contributed by atoms with Crippen LogP contribution < -0.4 is 5.32 Å². The van der Waals surface area contributed by atoms with Crippen molar-refractivity contribution in [1.29, 1.82) is 0 Å². The third kappa shape index (κ3) is 3.28. The van der Waals surface area contributed by atoms with Crippen LogP contribution in [0.1, 0.15) is 34.2 Å². The molecule has 1 N–H and O–H groups in total. The van der Waals surface area contributed by atoms with Crippen LogP contribution >= 0.6 is 0 Å². The van der Waals surface area contributed by atoms with Crippen LogP contribution in [0.4, 0.5) is 5.69 Å². The Balaban J connectivity index is 1.90. The Morgan fingerprint density at radius 1 is 1.00 bits per heavy atom. The molecule has 0 saturated heterocycles. The van der Waals surface area contributed by atoms with E-state index in [0.717, 1.165) is 17.7 Å². The fourth-order valence-corrected chi connectivity index (χ4v) is 3.04. The molecule has 0 saturated carbocycles. The van der Waals surface area contributed by atoms with Crippen molar-refractivity contribution in [2.24, 2.45) is 0 Å². The standard InChI is InChI=1S/C21H21N3O2/c1-4-16-10-8-9-13-18(16)22-21(26)20(25)19-14(2)23-24(15(19)3)17-11-6-5-7-12-17/h5-13H,4H2,1-3H3,(H,22,26). The molecule has 0 atom stereocenters. The zero-order chi connectivity index (χ0) is 18.7. The summed E-state index contributed by atoms with van der Waals surface area (Å²) in [5.41, 5.74) is 4.04. The van der Waals surface area contributed by atoms with Crippen molar-refractivity contribution in [2.45, 2.75) is 27.2 Å². The Hall–Kier alpha value is -3.21. The first kappa shape index (κ1) is 17.6. The number of nitrogens with zero attached hydrogens (tertiary/aromatic N) is 2. The molecular formula is C21H21N3O2. The van der Waals surface area contributed by atoms with E-state index in [4.69, 9.17) is 0 Å². The van der Waals surface area contributed by atoms with Crippen LogP contribution in [0.25, 0.3) is 5.69 Å². The van der Waals surface area contributed by atoms with Crippen molar-refractivity contribution < 1.29 is 9.59 Å². The molecule has 1 heterocycles. The fraction of sp³-hybridized carbons (Fsp3) is 0.190. The second-order valence-corrected chi connectivity index (χ2v) is 6.09. The summed E-state index contributed by atoms with van der Waals surface area (Å²) in [5.74, 6) is -1.22. The van der Waals surface area contributed by atoms with Crippen molar-refractivity contribution in [2.75, 3.05) is 5.32 Å². The smallest absolute Gasteiger partial charge is 0.296 e. The molecule has 0 aliphatic rings. The number of Topliss-reactive ketones (excluding diaryl/α,β-unsaturated/α-hetero) is 1. The predicted octanol–water partition coefficient (Wildman–Crippen LogP) is 3.87. The largest absolute Gasteiger partial charge is 0.319 e. The first-order chi connectivity index (χ1) is 12.5. The lowest BCUT2D eigenvalue weighted by atomic mass is 10.1. The molecule has 3 aromatic rings. The number of benzene rings is 2. The van der Waals surface area contributed by atoms with Gasteiger partial charge in [-0.05, 0) is 44.0 Å². The molecule has 0 spiro atoms. The van der Waals surface area contributed by atoms with Crippen molar-refractivity contribution in [3.05, 3.63) is 77.1 Å². The summed E-state index contributed by atoms with van der Waals surface area (Å²) >= 11 is 0. The van der Waals surface area contributed by atoms with Crippen LogP contribution in [0.15, 0.2) is 54.6 Å². The number of anilines is 1. The van der Waals surface area contributed by atoms with E-state index in [1.165, 1.54) is 0 Å². The molecule has 0 fully saturated rings. The SMILES string of the molecule is CCc1ccccc1NC(=O)C(=O)c1c(C)nn(-c2ccccc2)c1C. The molecule has 1 amide bonds. The lowest BCUT2D eigenvalue weighted by molar-refractivity contribution is -0.112. The third-order valence-electron chi connectivity index (χ3n) is 4.37. The van der Waals surface area contributed by atoms with Gasteiger partial charge in [-0.15, -0.1) is 0 Å². The predicted molar refractivity (Wildman–Crippen MR) is 102 cm³/mol. The van der Waals surface area contributed by atoms with E-state index in [-0.39, 0.29) is 0 Å². The lowest BCUT2D eigenvalue weighted by Crippen LogP contribution is -2.24. The van der Waals surface area contributed by atoms with Crippen molar-refractivity contribution in [3.8, 4) is 5.69 Å². The molecular weight excluding hydrogens is 326 g/mol. The summed E-state index contributed by atoms with van der Waals surface area (Å²) in [4.78, 5) is 25.3. The fourth-order valence-electron chi connectivity index (χ4n) is 3.04. The average molecular weight is 347 g/mol. The molecule has 3 rings (SSSR count). The van der Waals surface area contributed by atoms with Gasteiger partial charge in [-0.1, -0.05) is 43.3 Å². The van der Waals surface area contributed by atoms with Crippen LogP contribution in [0.2, 0.25) is 0 Å². The second kappa shape index (κ2) is 7.35. The minimum Gasteiger partial charge on any atom is -0.319 e. The summed E-state index contributed by atoms with van der Waals surface area (Å²) < 4.78 is 1.69. The third-order valence-corrected chi connectivity index (χ3v) is 4.37. The highest BCUT2D eigenvalue weighted by molar-refractivity contribution is 6.47. The number of aromatic nitrogens is 2. The van der Waals surface area contributed by atoms with Gasteiger partial charge in [-0.3, -0.25) is 9.59 Å². The molecule has 5 nitrogen and oxygen atoms in total. The van der Waals surface area contributed by atoms with Crippen molar-refractivity contribution in [1.82, 2.24) is 9.78 Å². The summed E-state index contributed by atoms with van der Waals surface area (Å²) in [5, 5.41) is 7.18. The van der Waals surface area contributed by atoms with Gasteiger partial charge < -0.3 is 5.32 Å². The lowest BCUT2D eigenvalue weighted by Gasteiger charge is -2.09. The van der Waals surface area contributed by atoms with Gasteiger partial charge >= 0.3 is 0 Å². The van der Waals surface area contributed by atoms with E-state index in [9.17, 15) is 9.59 Å². The number of aryl methyl sites for hydroxylation is 2. The highest BCUT2D eigenvalue weighted by atomic mass is 16.2. The zero-order valence-electron chi connectivity index (χ0n) is 15.1. The van der Waals surface area contributed by atoms with E-state index in [1.54, 1.807) is 24.6 Å². The maximum absolute atomic E-state index is 12.8. The minimum atomic E-state index is -0.648. The molecule has 5 heteroatoms. The Morgan fingerprint density at radius 2 is 1.65 bits per heavy atom. The van der Waals surface area contributed by atoms with E-state index >= 15 is 0 Å². The van der Waals surface area contributed by atoms with Gasteiger partial charge in [0.1, 0.15) is 0 Å². The number of carbonyl (C=O) groups excluding carboxylic acids is 2. The number of hydrogen-bond donors (Lipinski definition) is 1. The monoisotopic (exact) mass is 347 g/mol. The van der Waals surface area contributed by atoms with Gasteiger partial charge in [0, 0.05) is 5.69 Å². The highest BCUT2D eigenvalue weighted by Gasteiger charge is 2.25. The van der Waals surface area contributed by atoms with E-state index < -0.39 is 11.7 Å². The van der Waals surface area contributed by atoms with Gasteiger partial charge in [-0.2, -0.15) is 5.10 Å². The van der Waals surface area contributed by atoms with Gasteiger partial charge in [0.25, 0.3) is 11.7 Å². The van der Waals surface area contributed by atoms with Gasteiger partial charge in [0.2, 0.25) is 0 Å². The summed E-state index contributed by atoms with van der Waals surface area (Å²) in [6.07, 6.45) is 0.772. The molecule has 132 valence electrons. The first-order valence-corrected chi connectivity index (χ1v) is 8.58. The Kier molecular flexibility index (Phi) is 4.98. The number of amides is 1. The van der Waals surface area contributed by atoms with Crippen LogP contribution in [0.5, 0.6) is 0 Å². The Bertz CT molecular complexity index is 959. The number of hydrogen-bond acceptors (Lipinski definition) is 3. The Morgan fingerprint density at radius 3 is 2.35 bits per heavy atom. The van der Waals surface area contributed by atoms with Crippen LogP contribution in [0, 0.1) is 13.8 Å². The van der Waals surface area contributed by atoms with Crippen molar-refractivity contribution in [3.63, 3.8) is 0 Å². The molecule has 26 heavy (non-hydrogen) atoms. The summed E-state index contributed by atoms with van der Waals surface area (Å²) in [7, 11) is 0. The van der Waals surface area contributed by atoms with Gasteiger partial charge in [0.15, 0.2) is 0 Å². The zero-order valence-corrected chi connectivity index (χ0v) is 15.1. The normalized spacial score (nSPS) is 10.6. The molecule has 0 bridgehead atoms. The molecule has 0 radical (unpaired) electrons. The number of nitrogens with one attached hydrogen (secondary N) is 1. The highest BCUT2D eigenvalue weighted by Crippen LogP contribution is 2.20. The summed E-state index contributed by atoms with van der Waals surface area (Å²) in [6.45, 7) is 5.55. The maximum atomic E-state index is 12.8. The Labute approximate surface area is 152 Å². The summed E-state index contributed by atoms with van der Waals surface area (Å²) in [6, 6.07) is 17.0. The van der Waals surface area contributed by atoms with Crippen molar-refractivity contribution >= 4 is 17.4 Å². The molecule has 0 aliphatic heterocycles. The second-order valence-electron chi connectivity index (χ2n) is 6.09. The quantitative estimate of drug-likeness (QED) is 0.563. The van der Waals surface area contributed by atoms with E-state index in [1.807, 2.05) is 55.5 Å². The topological polar surface area (TPSA) is 64.0 Å². The first-order valence-electron chi connectivity index (χ1n) is 8.58. The van der Waals surface area contributed by atoms with Gasteiger partial charge in [0.05, 0.1) is 22.6 Å².